The second-order valence-corrected chi connectivity index (χ2v) is 6.51. The van der Waals surface area contributed by atoms with Crippen LogP contribution in [0.15, 0.2) is 11.1 Å². The molecule has 0 spiro atoms. The summed E-state index contributed by atoms with van der Waals surface area (Å²) in [4.78, 5) is 11.8. The Bertz CT molecular complexity index is 425. The topological polar surface area (TPSA) is 46.5 Å². The van der Waals surface area contributed by atoms with Gasteiger partial charge in [-0.25, -0.2) is 0 Å². The predicted octanol–water partition coefficient (Wildman–Crippen LogP) is 2.44. The van der Waals surface area contributed by atoms with Gasteiger partial charge < -0.3 is 9.84 Å². The highest BCUT2D eigenvalue weighted by molar-refractivity contribution is 5.75. The van der Waals surface area contributed by atoms with Crippen LogP contribution in [0.1, 0.15) is 46.5 Å². The number of aliphatic hydroxyl groups is 1. The van der Waals surface area contributed by atoms with Crippen molar-refractivity contribution in [2.24, 2.45) is 17.3 Å². The first kappa shape index (κ1) is 12.2. The summed E-state index contributed by atoms with van der Waals surface area (Å²) in [6, 6.07) is 0. The Labute approximate surface area is 108 Å². The Morgan fingerprint density at radius 2 is 2.11 bits per heavy atom. The normalized spacial score (nSPS) is 47.7. The lowest BCUT2D eigenvalue weighted by Gasteiger charge is -2.48. The van der Waals surface area contributed by atoms with Crippen molar-refractivity contribution in [1.82, 2.24) is 0 Å². The molecule has 0 aromatic heterocycles. The highest BCUT2D eigenvalue weighted by atomic mass is 16.6. The van der Waals surface area contributed by atoms with E-state index in [4.69, 9.17) is 4.74 Å². The van der Waals surface area contributed by atoms with Crippen molar-refractivity contribution < 1.29 is 14.6 Å². The van der Waals surface area contributed by atoms with Crippen molar-refractivity contribution in [1.29, 1.82) is 0 Å². The largest absolute Gasteiger partial charge is 0.457 e. The van der Waals surface area contributed by atoms with Gasteiger partial charge in [0.05, 0.1) is 12.0 Å². The molecule has 0 radical (unpaired) electrons. The molecular weight excluding hydrogens is 228 g/mol. The molecule has 0 amide bonds. The fourth-order valence-electron chi connectivity index (χ4n) is 4.24. The molecule has 3 aliphatic rings. The number of rotatable bonds is 0. The van der Waals surface area contributed by atoms with Crippen LogP contribution >= 0.6 is 0 Å². The fraction of sp³-hybridized carbons (Fsp3) is 0.800. The standard InChI is InChI=1S/C15H22O3/c1-8-4-5-11(16)15(3)7-6-10-9(2)14(17)18-13(10)12(8)15/h9-11,13,16H,4-7H2,1-3H3/t9-,10-,11+,13+,15-/m0/s1. The first-order valence-electron chi connectivity index (χ1n) is 7.04. The molecule has 5 atom stereocenters. The summed E-state index contributed by atoms with van der Waals surface area (Å²) in [6.45, 7) is 6.26. The van der Waals surface area contributed by atoms with E-state index in [0.717, 1.165) is 25.7 Å². The third-order valence-electron chi connectivity index (χ3n) is 5.53. The molecule has 3 rings (SSSR count). The molecule has 0 unspecified atom stereocenters. The number of carbonyl (C=O) groups excluding carboxylic acids is 1. The summed E-state index contributed by atoms with van der Waals surface area (Å²) in [7, 11) is 0. The summed E-state index contributed by atoms with van der Waals surface area (Å²) in [6.07, 6.45) is 3.38. The van der Waals surface area contributed by atoms with E-state index in [2.05, 4.69) is 13.8 Å². The van der Waals surface area contributed by atoms with E-state index < -0.39 is 0 Å². The maximum Gasteiger partial charge on any atom is 0.309 e. The SMILES string of the molecule is CC1=C2[C@@H]3OC(=O)[C@@H](C)[C@@H]3CC[C@@]2(C)[C@H](O)CC1. The molecule has 0 aromatic rings. The van der Waals surface area contributed by atoms with E-state index >= 15 is 0 Å². The zero-order valence-electron chi connectivity index (χ0n) is 11.4. The Balaban J connectivity index is 2.05. The molecule has 18 heavy (non-hydrogen) atoms. The van der Waals surface area contributed by atoms with Crippen LogP contribution in [0.2, 0.25) is 0 Å². The van der Waals surface area contributed by atoms with Gasteiger partial charge in [-0.3, -0.25) is 4.79 Å². The minimum atomic E-state index is -0.285. The van der Waals surface area contributed by atoms with Gasteiger partial charge in [0.2, 0.25) is 0 Å². The van der Waals surface area contributed by atoms with Gasteiger partial charge in [0.15, 0.2) is 0 Å². The molecule has 1 heterocycles. The molecule has 1 saturated heterocycles. The summed E-state index contributed by atoms with van der Waals surface area (Å²) >= 11 is 0. The number of hydrogen-bond donors (Lipinski definition) is 1. The molecular formula is C15H22O3. The van der Waals surface area contributed by atoms with E-state index in [0.29, 0.717) is 5.92 Å². The molecule has 3 heteroatoms. The zero-order valence-corrected chi connectivity index (χ0v) is 11.4. The van der Waals surface area contributed by atoms with Crippen LogP contribution in [-0.2, 0) is 9.53 Å². The number of aliphatic hydroxyl groups excluding tert-OH is 1. The quantitative estimate of drug-likeness (QED) is 0.530. The van der Waals surface area contributed by atoms with Gasteiger partial charge in [-0.15, -0.1) is 0 Å². The summed E-state index contributed by atoms with van der Waals surface area (Å²) < 4.78 is 5.62. The van der Waals surface area contributed by atoms with Gasteiger partial charge in [-0.05, 0) is 38.2 Å². The molecule has 2 aliphatic carbocycles. The maximum atomic E-state index is 11.8. The van der Waals surface area contributed by atoms with E-state index in [9.17, 15) is 9.90 Å². The van der Waals surface area contributed by atoms with E-state index in [1.807, 2.05) is 6.92 Å². The highest BCUT2D eigenvalue weighted by Gasteiger charge is 2.55. The molecule has 2 fully saturated rings. The molecule has 1 aliphatic heterocycles. The Hall–Kier alpha value is -0.830. The van der Waals surface area contributed by atoms with Crippen LogP contribution in [-0.4, -0.2) is 23.3 Å². The van der Waals surface area contributed by atoms with E-state index in [-0.39, 0.29) is 29.5 Å². The van der Waals surface area contributed by atoms with Crippen molar-refractivity contribution in [3.63, 3.8) is 0 Å². The van der Waals surface area contributed by atoms with Gasteiger partial charge in [0.25, 0.3) is 0 Å². The average molecular weight is 250 g/mol. The van der Waals surface area contributed by atoms with Crippen LogP contribution in [0, 0.1) is 17.3 Å². The van der Waals surface area contributed by atoms with Crippen LogP contribution < -0.4 is 0 Å². The molecule has 1 N–H and O–H groups in total. The van der Waals surface area contributed by atoms with Crippen LogP contribution in [0.25, 0.3) is 0 Å². The van der Waals surface area contributed by atoms with Crippen molar-refractivity contribution in [2.75, 3.05) is 0 Å². The lowest BCUT2D eigenvalue weighted by atomic mass is 9.58. The maximum absolute atomic E-state index is 11.8. The summed E-state index contributed by atoms with van der Waals surface area (Å²) in [5.41, 5.74) is 2.39. The number of fused-ring (bicyclic) bond motifs is 3. The Kier molecular flexibility index (Phi) is 2.60. The number of ether oxygens (including phenoxy) is 1. The van der Waals surface area contributed by atoms with E-state index in [1.165, 1.54) is 11.1 Å². The minimum absolute atomic E-state index is 0.0129. The predicted molar refractivity (Wildman–Crippen MR) is 67.8 cm³/mol. The first-order valence-corrected chi connectivity index (χ1v) is 7.04. The van der Waals surface area contributed by atoms with Gasteiger partial charge in [0.1, 0.15) is 6.10 Å². The second-order valence-electron chi connectivity index (χ2n) is 6.51. The average Bonchev–Trinajstić information content (AvgIpc) is 2.60. The lowest BCUT2D eigenvalue weighted by molar-refractivity contribution is -0.143. The van der Waals surface area contributed by atoms with Gasteiger partial charge in [-0.2, -0.15) is 0 Å². The van der Waals surface area contributed by atoms with Gasteiger partial charge in [-0.1, -0.05) is 19.4 Å². The Morgan fingerprint density at radius 3 is 2.83 bits per heavy atom. The van der Waals surface area contributed by atoms with Crippen LogP contribution in [0.5, 0.6) is 0 Å². The third kappa shape index (κ3) is 1.43. The first-order chi connectivity index (χ1) is 8.45. The van der Waals surface area contributed by atoms with E-state index in [1.54, 1.807) is 0 Å². The van der Waals surface area contributed by atoms with Crippen LogP contribution in [0.3, 0.4) is 0 Å². The smallest absolute Gasteiger partial charge is 0.309 e. The van der Waals surface area contributed by atoms with Gasteiger partial charge in [0, 0.05) is 11.3 Å². The van der Waals surface area contributed by atoms with Gasteiger partial charge >= 0.3 is 5.97 Å². The van der Waals surface area contributed by atoms with Crippen molar-refractivity contribution in [3.05, 3.63) is 11.1 Å². The number of allylic oxidation sites excluding steroid dienone is 1. The second kappa shape index (κ2) is 3.83. The highest BCUT2D eigenvalue weighted by Crippen LogP contribution is 2.55. The number of hydrogen-bond acceptors (Lipinski definition) is 3. The Morgan fingerprint density at radius 1 is 1.39 bits per heavy atom. The number of carbonyl (C=O) groups is 1. The summed E-state index contributed by atoms with van der Waals surface area (Å²) in [5, 5.41) is 10.4. The lowest BCUT2D eigenvalue weighted by Crippen LogP contribution is -2.47. The minimum Gasteiger partial charge on any atom is -0.457 e. The number of esters is 1. The molecule has 3 nitrogen and oxygen atoms in total. The zero-order chi connectivity index (χ0) is 13.1. The molecule has 100 valence electrons. The monoisotopic (exact) mass is 250 g/mol. The summed E-state index contributed by atoms with van der Waals surface area (Å²) in [5.74, 6) is 0.273. The third-order valence-corrected chi connectivity index (χ3v) is 5.53. The van der Waals surface area contributed by atoms with Crippen molar-refractivity contribution in [2.45, 2.75) is 58.7 Å². The molecule has 0 aromatic carbocycles. The van der Waals surface area contributed by atoms with Crippen molar-refractivity contribution in [3.8, 4) is 0 Å². The fourth-order valence-corrected chi connectivity index (χ4v) is 4.24. The molecule has 1 saturated carbocycles. The molecule has 0 bridgehead atoms. The van der Waals surface area contributed by atoms with Crippen LogP contribution in [0.4, 0.5) is 0 Å². The van der Waals surface area contributed by atoms with Crippen molar-refractivity contribution >= 4 is 5.97 Å².